The van der Waals surface area contributed by atoms with E-state index in [1.807, 2.05) is 0 Å². The monoisotopic (exact) mass is 282 g/mol. The molecule has 1 saturated heterocycles. The van der Waals surface area contributed by atoms with E-state index >= 15 is 0 Å². The maximum absolute atomic E-state index is 13.7. The fourth-order valence-electron chi connectivity index (χ4n) is 2.91. The molecule has 1 aliphatic rings. The molecule has 1 N–H and O–H groups in total. The number of hydrogen-bond acceptors (Lipinski definition) is 2. The highest BCUT2D eigenvalue weighted by Gasteiger charge is 2.25. The van der Waals surface area contributed by atoms with Crippen LogP contribution in [0, 0.1) is 17.6 Å². The summed E-state index contributed by atoms with van der Waals surface area (Å²) in [6.07, 6.45) is 2.21. The Hall–Kier alpha value is -1.00. The number of likely N-dealkylation sites (tertiary alicyclic amines) is 1. The standard InChI is InChI=1S/C16H24F2N2/c1-3-7-19-16-6-8-20(10-12(16)2)11-13-9-14(17)4-5-15(13)18/h4-5,9,12,16,19H,3,6-8,10-11H2,1-2H3. The van der Waals surface area contributed by atoms with E-state index in [1.54, 1.807) is 0 Å². The molecule has 20 heavy (non-hydrogen) atoms. The average Bonchev–Trinajstić information content (AvgIpc) is 2.42. The molecule has 1 aliphatic heterocycles. The van der Waals surface area contributed by atoms with Crippen LogP contribution in [0.4, 0.5) is 8.78 Å². The first-order valence-electron chi connectivity index (χ1n) is 7.49. The largest absolute Gasteiger partial charge is 0.314 e. The van der Waals surface area contributed by atoms with Crippen LogP contribution in [0.3, 0.4) is 0 Å². The average molecular weight is 282 g/mol. The summed E-state index contributed by atoms with van der Waals surface area (Å²) in [5.41, 5.74) is 0.456. The Kier molecular flexibility index (Phi) is 5.49. The Bertz CT molecular complexity index is 436. The van der Waals surface area contributed by atoms with E-state index in [0.29, 0.717) is 24.1 Å². The second-order valence-corrected chi connectivity index (χ2v) is 5.80. The van der Waals surface area contributed by atoms with Crippen molar-refractivity contribution in [1.82, 2.24) is 10.2 Å². The van der Waals surface area contributed by atoms with Gasteiger partial charge in [-0.25, -0.2) is 8.78 Å². The summed E-state index contributed by atoms with van der Waals surface area (Å²) in [5.74, 6) is -0.147. The van der Waals surface area contributed by atoms with E-state index in [1.165, 1.54) is 18.2 Å². The molecule has 0 radical (unpaired) electrons. The minimum Gasteiger partial charge on any atom is -0.314 e. The molecule has 0 saturated carbocycles. The number of benzene rings is 1. The lowest BCUT2D eigenvalue weighted by Gasteiger charge is -2.37. The molecular formula is C16H24F2N2. The van der Waals surface area contributed by atoms with Crippen molar-refractivity contribution in [3.63, 3.8) is 0 Å². The summed E-state index contributed by atoms with van der Waals surface area (Å²) >= 11 is 0. The molecule has 0 amide bonds. The smallest absolute Gasteiger partial charge is 0.127 e. The van der Waals surface area contributed by atoms with E-state index in [2.05, 4.69) is 24.1 Å². The van der Waals surface area contributed by atoms with Crippen LogP contribution in [0.1, 0.15) is 32.3 Å². The van der Waals surface area contributed by atoms with Crippen LogP contribution in [-0.4, -0.2) is 30.6 Å². The van der Waals surface area contributed by atoms with Gasteiger partial charge in [0.05, 0.1) is 0 Å². The van der Waals surface area contributed by atoms with E-state index in [4.69, 9.17) is 0 Å². The van der Waals surface area contributed by atoms with Crippen molar-refractivity contribution in [3.8, 4) is 0 Å². The first kappa shape index (κ1) is 15.4. The third-order valence-electron chi connectivity index (χ3n) is 4.05. The van der Waals surface area contributed by atoms with Crippen molar-refractivity contribution >= 4 is 0 Å². The Morgan fingerprint density at radius 2 is 2.15 bits per heavy atom. The Morgan fingerprint density at radius 1 is 1.35 bits per heavy atom. The normalized spacial score (nSPS) is 24.0. The second-order valence-electron chi connectivity index (χ2n) is 5.80. The minimum absolute atomic E-state index is 0.315. The lowest BCUT2D eigenvalue weighted by Crippen LogP contribution is -2.48. The SMILES string of the molecule is CCCNC1CCN(Cc2cc(F)ccc2F)CC1C. The van der Waals surface area contributed by atoms with Gasteiger partial charge in [-0.05, 0) is 50.0 Å². The van der Waals surface area contributed by atoms with Gasteiger partial charge in [0.1, 0.15) is 11.6 Å². The van der Waals surface area contributed by atoms with Gasteiger partial charge in [0.25, 0.3) is 0 Å². The first-order valence-corrected chi connectivity index (χ1v) is 7.49. The molecule has 1 fully saturated rings. The summed E-state index contributed by atoms with van der Waals surface area (Å²) in [6, 6.07) is 4.23. The van der Waals surface area contributed by atoms with Crippen LogP contribution >= 0.6 is 0 Å². The summed E-state index contributed by atoms with van der Waals surface area (Å²) in [4.78, 5) is 2.21. The van der Waals surface area contributed by atoms with E-state index in [-0.39, 0.29) is 11.6 Å². The second kappa shape index (κ2) is 7.14. The van der Waals surface area contributed by atoms with Crippen LogP contribution in [0.5, 0.6) is 0 Å². The van der Waals surface area contributed by atoms with Crippen LogP contribution in [0.15, 0.2) is 18.2 Å². The van der Waals surface area contributed by atoms with Gasteiger partial charge in [-0.1, -0.05) is 13.8 Å². The highest BCUT2D eigenvalue weighted by atomic mass is 19.1. The molecular weight excluding hydrogens is 258 g/mol. The summed E-state index contributed by atoms with van der Waals surface area (Å²) < 4.78 is 26.8. The summed E-state index contributed by atoms with van der Waals surface area (Å²) in [6.45, 7) is 7.79. The van der Waals surface area contributed by atoms with Crippen molar-refractivity contribution in [2.24, 2.45) is 5.92 Å². The molecule has 2 nitrogen and oxygen atoms in total. The van der Waals surface area contributed by atoms with Crippen molar-refractivity contribution in [1.29, 1.82) is 0 Å². The van der Waals surface area contributed by atoms with Gasteiger partial charge in [0.15, 0.2) is 0 Å². The molecule has 4 heteroatoms. The number of halogens is 2. The Balaban J connectivity index is 1.91. The fraction of sp³-hybridized carbons (Fsp3) is 0.625. The van der Waals surface area contributed by atoms with Gasteiger partial charge in [-0.15, -0.1) is 0 Å². The zero-order chi connectivity index (χ0) is 14.5. The van der Waals surface area contributed by atoms with Crippen molar-refractivity contribution in [2.45, 2.75) is 39.3 Å². The van der Waals surface area contributed by atoms with Gasteiger partial charge < -0.3 is 5.32 Å². The molecule has 1 aromatic rings. The van der Waals surface area contributed by atoms with Crippen molar-refractivity contribution in [3.05, 3.63) is 35.4 Å². The van der Waals surface area contributed by atoms with Crippen molar-refractivity contribution < 1.29 is 8.78 Å². The molecule has 2 atom stereocenters. The number of nitrogens with zero attached hydrogens (tertiary/aromatic N) is 1. The lowest BCUT2D eigenvalue weighted by atomic mass is 9.93. The predicted molar refractivity (Wildman–Crippen MR) is 77.5 cm³/mol. The van der Waals surface area contributed by atoms with Crippen LogP contribution in [0.2, 0.25) is 0 Å². The van der Waals surface area contributed by atoms with Crippen LogP contribution < -0.4 is 5.32 Å². The summed E-state index contributed by atoms with van der Waals surface area (Å²) in [5, 5.41) is 3.57. The van der Waals surface area contributed by atoms with Crippen LogP contribution in [0.25, 0.3) is 0 Å². The van der Waals surface area contributed by atoms with Gasteiger partial charge in [-0.3, -0.25) is 4.90 Å². The molecule has 112 valence electrons. The number of nitrogens with one attached hydrogen (secondary N) is 1. The quantitative estimate of drug-likeness (QED) is 0.892. The predicted octanol–water partition coefficient (Wildman–Crippen LogP) is 3.17. The number of rotatable bonds is 5. The first-order chi connectivity index (χ1) is 9.60. The molecule has 2 rings (SSSR count). The molecule has 1 heterocycles. The van der Waals surface area contributed by atoms with Gasteiger partial charge in [0, 0.05) is 24.7 Å². The van der Waals surface area contributed by atoms with E-state index in [0.717, 1.165) is 32.5 Å². The third kappa shape index (κ3) is 4.00. The van der Waals surface area contributed by atoms with Crippen LogP contribution in [-0.2, 0) is 6.54 Å². The maximum Gasteiger partial charge on any atom is 0.127 e. The highest BCUT2D eigenvalue weighted by molar-refractivity contribution is 5.18. The topological polar surface area (TPSA) is 15.3 Å². The maximum atomic E-state index is 13.7. The molecule has 0 bridgehead atoms. The summed E-state index contributed by atoms with van der Waals surface area (Å²) in [7, 11) is 0. The van der Waals surface area contributed by atoms with E-state index in [9.17, 15) is 8.78 Å². The Morgan fingerprint density at radius 3 is 2.85 bits per heavy atom. The molecule has 0 spiro atoms. The molecule has 0 aliphatic carbocycles. The zero-order valence-corrected chi connectivity index (χ0v) is 12.3. The number of hydrogen-bond donors (Lipinski definition) is 1. The minimum atomic E-state index is -0.367. The van der Waals surface area contributed by atoms with Gasteiger partial charge in [0.2, 0.25) is 0 Å². The highest BCUT2D eigenvalue weighted by Crippen LogP contribution is 2.20. The Labute approximate surface area is 120 Å². The molecule has 2 unspecified atom stereocenters. The van der Waals surface area contributed by atoms with Gasteiger partial charge >= 0.3 is 0 Å². The van der Waals surface area contributed by atoms with Gasteiger partial charge in [-0.2, -0.15) is 0 Å². The third-order valence-corrected chi connectivity index (χ3v) is 4.05. The van der Waals surface area contributed by atoms with E-state index < -0.39 is 0 Å². The van der Waals surface area contributed by atoms with Crippen molar-refractivity contribution in [2.75, 3.05) is 19.6 Å². The molecule has 0 aromatic heterocycles. The molecule has 1 aromatic carbocycles. The number of piperidine rings is 1. The lowest BCUT2D eigenvalue weighted by molar-refractivity contribution is 0.140. The fourth-order valence-corrected chi connectivity index (χ4v) is 2.91. The zero-order valence-electron chi connectivity index (χ0n) is 12.3.